The number of pyridine rings is 1. The Balaban J connectivity index is 1.73. The number of methoxy groups -OCH3 is 1. The number of ether oxygens (including phenoxy) is 1. The number of benzene rings is 2. The van der Waals surface area contributed by atoms with Crippen LogP contribution in [0.1, 0.15) is 15.9 Å². The first-order valence-corrected chi connectivity index (χ1v) is 8.22. The highest BCUT2D eigenvalue weighted by molar-refractivity contribution is 6.03. The maximum Gasteiger partial charge on any atom is 0.295 e. The Morgan fingerprint density at radius 3 is 2.50 bits per heavy atom. The number of nitrogens with one attached hydrogen (secondary N) is 1. The van der Waals surface area contributed by atoms with Gasteiger partial charge in [0.25, 0.3) is 11.5 Å². The van der Waals surface area contributed by atoms with Crippen LogP contribution in [0.15, 0.2) is 65.6 Å². The molecule has 0 aliphatic carbocycles. The van der Waals surface area contributed by atoms with E-state index < -0.39 is 23.1 Å². The van der Waals surface area contributed by atoms with Crippen LogP contribution < -0.4 is 20.5 Å². The molecule has 1 amide bonds. The predicted molar refractivity (Wildman–Crippen MR) is 98.3 cm³/mol. The molecule has 1 aromatic heterocycles. The molecule has 28 heavy (non-hydrogen) atoms. The van der Waals surface area contributed by atoms with Gasteiger partial charge in [-0.1, -0.05) is 12.1 Å². The minimum atomic E-state index is -1.11. The number of aromatic nitrogens is 1. The zero-order valence-corrected chi connectivity index (χ0v) is 14.8. The summed E-state index contributed by atoms with van der Waals surface area (Å²) in [5, 5.41) is 2.35. The Hall–Kier alpha value is -3.68. The Labute approximate surface area is 158 Å². The second kappa shape index (κ2) is 8.34. The average Bonchev–Trinajstić information content (AvgIpc) is 2.70. The van der Waals surface area contributed by atoms with Gasteiger partial charge in [-0.25, -0.2) is 8.78 Å². The van der Waals surface area contributed by atoms with E-state index in [-0.39, 0.29) is 17.9 Å². The molecule has 0 saturated carbocycles. The van der Waals surface area contributed by atoms with Crippen LogP contribution in [-0.4, -0.2) is 17.7 Å². The number of hydrogen-bond donors (Lipinski definition) is 1. The number of halogens is 2. The van der Waals surface area contributed by atoms with Gasteiger partial charge in [0.05, 0.1) is 7.11 Å². The number of carbonyl (C=O) groups excluding carboxylic acids is 1. The van der Waals surface area contributed by atoms with Crippen molar-refractivity contribution in [1.29, 1.82) is 0 Å². The number of anilines is 1. The smallest absolute Gasteiger partial charge is 0.295 e. The third-order valence-corrected chi connectivity index (χ3v) is 3.87. The van der Waals surface area contributed by atoms with Gasteiger partial charge >= 0.3 is 0 Å². The third kappa shape index (κ3) is 4.35. The molecule has 0 saturated heterocycles. The lowest BCUT2D eigenvalue weighted by Crippen LogP contribution is -2.32. The summed E-state index contributed by atoms with van der Waals surface area (Å²) in [6.07, 6.45) is 1.38. The van der Waals surface area contributed by atoms with Gasteiger partial charge < -0.3 is 14.9 Å². The predicted octanol–water partition coefficient (Wildman–Crippen LogP) is 3.02. The molecule has 3 rings (SSSR count). The molecule has 8 heteroatoms. The first kappa shape index (κ1) is 19.1. The van der Waals surface area contributed by atoms with Crippen molar-refractivity contribution < 1.29 is 23.1 Å². The highest BCUT2D eigenvalue weighted by atomic mass is 19.2. The van der Waals surface area contributed by atoms with Crippen molar-refractivity contribution >= 4 is 11.6 Å². The second-order valence-corrected chi connectivity index (χ2v) is 5.76. The van der Waals surface area contributed by atoms with E-state index >= 15 is 0 Å². The molecule has 144 valence electrons. The lowest BCUT2D eigenvalue weighted by atomic mass is 10.2. The molecule has 2 aromatic carbocycles. The maximum atomic E-state index is 13.3. The van der Waals surface area contributed by atoms with Gasteiger partial charge in [-0.3, -0.25) is 9.59 Å². The third-order valence-electron chi connectivity index (χ3n) is 3.87. The quantitative estimate of drug-likeness (QED) is 0.707. The minimum Gasteiger partial charge on any atom is -0.497 e. The van der Waals surface area contributed by atoms with Crippen molar-refractivity contribution in [3.63, 3.8) is 0 Å². The molecule has 0 aliphatic rings. The highest BCUT2D eigenvalue weighted by Gasteiger charge is 2.14. The van der Waals surface area contributed by atoms with Crippen LogP contribution in [0, 0.1) is 11.6 Å². The summed E-state index contributed by atoms with van der Waals surface area (Å²) in [5.74, 6) is -2.21. The number of hydrogen-bond acceptors (Lipinski definition) is 4. The first-order chi connectivity index (χ1) is 13.5. The standard InChI is InChI=1S/C20H16F2N2O4/c1-27-15-7-4-13(5-8-15)12-28-24-10-2-3-16(20(24)26)19(25)23-14-6-9-17(21)18(22)11-14/h2-11H,12H2,1H3,(H,23,25). The molecule has 0 fully saturated rings. The van der Waals surface area contributed by atoms with E-state index in [1.807, 2.05) is 0 Å². The first-order valence-electron chi connectivity index (χ1n) is 8.22. The summed E-state index contributed by atoms with van der Waals surface area (Å²) in [6, 6.07) is 12.8. The van der Waals surface area contributed by atoms with Gasteiger partial charge in [0.15, 0.2) is 11.6 Å². The fraction of sp³-hybridized carbons (Fsp3) is 0.100. The number of amides is 1. The molecule has 0 bridgehead atoms. The second-order valence-electron chi connectivity index (χ2n) is 5.76. The molecule has 0 spiro atoms. The largest absolute Gasteiger partial charge is 0.497 e. The van der Waals surface area contributed by atoms with Crippen LogP contribution in [0.4, 0.5) is 14.5 Å². The molecule has 6 nitrogen and oxygen atoms in total. The fourth-order valence-electron chi connectivity index (χ4n) is 2.39. The van der Waals surface area contributed by atoms with Gasteiger partial charge in [-0.2, -0.15) is 4.73 Å². The lowest BCUT2D eigenvalue weighted by molar-refractivity contribution is 0.0863. The van der Waals surface area contributed by atoms with Crippen LogP contribution in [0.25, 0.3) is 0 Å². The normalized spacial score (nSPS) is 10.4. The molecule has 0 aliphatic heterocycles. The Bertz CT molecular complexity index is 1050. The molecule has 3 aromatic rings. The van der Waals surface area contributed by atoms with Crippen molar-refractivity contribution in [2.45, 2.75) is 6.61 Å². The molecular weight excluding hydrogens is 370 g/mol. The van der Waals surface area contributed by atoms with Crippen molar-refractivity contribution in [2.24, 2.45) is 0 Å². The van der Waals surface area contributed by atoms with E-state index in [1.54, 1.807) is 31.4 Å². The van der Waals surface area contributed by atoms with Gasteiger partial charge in [0.2, 0.25) is 0 Å². The van der Waals surface area contributed by atoms with Gasteiger partial charge in [0.1, 0.15) is 17.9 Å². The fourth-order valence-corrected chi connectivity index (χ4v) is 2.39. The van der Waals surface area contributed by atoms with Crippen LogP contribution in [0.2, 0.25) is 0 Å². The topological polar surface area (TPSA) is 69.6 Å². The monoisotopic (exact) mass is 386 g/mol. The molecule has 0 atom stereocenters. The maximum absolute atomic E-state index is 13.3. The number of nitrogens with zero attached hydrogens (tertiary/aromatic N) is 1. The summed E-state index contributed by atoms with van der Waals surface area (Å²) in [6.45, 7) is 0.0954. The van der Waals surface area contributed by atoms with Gasteiger partial charge in [-0.05, 0) is 42.0 Å². The minimum absolute atomic E-state index is 0.0258. The zero-order valence-electron chi connectivity index (χ0n) is 14.8. The molecule has 0 unspecified atom stereocenters. The average molecular weight is 386 g/mol. The zero-order chi connectivity index (χ0) is 20.1. The number of carbonyl (C=O) groups is 1. The van der Waals surface area contributed by atoms with Gasteiger partial charge in [0, 0.05) is 18.0 Å². The van der Waals surface area contributed by atoms with E-state index in [2.05, 4.69) is 5.32 Å². The summed E-state index contributed by atoms with van der Waals surface area (Å²) >= 11 is 0. The summed E-state index contributed by atoms with van der Waals surface area (Å²) in [4.78, 5) is 30.2. The Kier molecular flexibility index (Phi) is 5.69. The van der Waals surface area contributed by atoms with Crippen LogP contribution >= 0.6 is 0 Å². The van der Waals surface area contributed by atoms with Crippen molar-refractivity contribution in [3.8, 4) is 5.75 Å². The van der Waals surface area contributed by atoms with E-state index in [0.29, 0.717) is 5.75 Å². The van der Waals surface area contributed by atoms with E-state index in [9.17, 15) is 18.4 Å². The Morgan fingerprint density at radius 1 is 1.07 bits per heavy atom. The van der Waals surface area contributed by atoms with Crippen LogP contribution in [0.5, 0.6) is 5.75 Å². The van der Waals surface area contributed by atoms with Crippen LogP contribution in [0.3, 0.4) is 0 Å². The van der Waals surface area contributed by atoms with Crippen LogP contribution in [-0.2, 0) is 6.61 Å². The summed E-state index contributed by atoms with van der Waals surface area (Å²) in [7, 11) is 1.56. The van der Waals surface area contributed by atoms with Crippen molar-refractivity contribution in [3.05, 3.63) is 93.9 Å². The van der Waals surface area contributed by atoms with E-state index in [4.69, 9.17) is 9.57 Å². The SMILES string of the molecule is COc1ccc(COn2cccc(C(=O)Nc3ccc(F)c(F)c3)c2=O)cc1. The van der Waals surface area contributed by atoms with Crippen molar-refractivity contribution in [1.82, 2.24) is 4.73 Å². The highest BCUT2D eigenvalue weighted by Crippen LogP contribution is 2.14. The molecule has 1 N–H and O–H groups in total. The summed E-state index contributed by atoms with van der Waals surface area (Å²) in [5.41, 5.74) is -0.0692. The number of rotatable bonds is 6. The molecule has 0 radical (unpaired) electrons. The van der Waals surface area contributed by atoms with E-state index in [1.165, 1.54) is 24.4 Å². The molecule has 1 heterocycles. The summed E-state index contributed by atoms with van der Waals surface area (Å²) < 4.78 is 32.2. The van der Waals surface area contributed by atoms with Gasteiger partial charge in [-0.15, -0.1) is 0 Å². The molecular formula is C20H16F2N2O4. The Morgan fingerprint density at radius 2 is 1.82 bits per heavy atom. The van der Waals surface area contributed by atoms with E-state index in [0.717, 1.165) is 22.4 Å². The van der Waals surface area contributed by atoms with Crippen molar-refractivity contribution in [2.75, 3.05) is 12.4 Å². The lowest BCUT2D eigenvalue weighted by Gasteiger charge is -2.11.